The number of piperidine rings is 2. The van der Waals surface area contributed by atoms with Crippen molar-refractivity contribution in [1.29, 1.82) is 0 Å². The molecule has 2 fully saturated rings. The summed E-state index contributed by atoms with van der Waals surface area (Å²) in [6, 6.07) is 11.0. The molecule has 2 atom stereocenters. The highest BCUT2D eigenvalue weighted by Gasteiger charge is 2.33. The molecule has 150 valence electrons. The molecule has 2 aliphatic rings. The average Bonchev–Trinajstić information content (AvgIpc) is 3.28. The van der Waals surface area contributed by atoms with Crippen LogP contribution in [-0.2, 0) is 0 Å². The number of rotatable bonds is 4. The largest absolute Gasteiger partial charge is 0.507 e. The van der Waals surface area contributed by atoms with Gasteiger partial charge < -0.3 is 15.3 Å². The van der Waals surface area contributed by atoms with Crippen molar-refractivity contribution in [2.45, 2.75) is 50.2 Å². The second-order valence-electron chi connectivity index (χ2n) is 8.05. The first kappa shape index (κ1) is 18.1. The summed E-state index contributed by atoms with van der Waals surface area (Å²) in [5.74, 6) is 1.01. The van der Waals surface area contributed by atoms with Crippen LogP contribution in [0, 0.1) is 0 Å². The highest BCUT2D eigenvalue weighted by atomic mass is 16.3. The monoisotopic (exact) mass is 391 g/mol. The van der Waals surface area contributed by atoms with Gasteiger partial charge in [-0.2, -0.15) is 0 Å². The predicted molar refractivity (Wildman–Crippen MR) is 110 cm³/mol. The molecule has 8 heteroatoms. The van der Waals surface area contributed by atoms with Crippen LogP contribution < -0.4 is 10.2 Å². The number of phenols is 1. The van der Waals surface area contributed by atoms with E-state index in [2.05, 4.69) is 37.8 Å². The maximum absolute atomic E-state index is 10.5. The number of phenolic OH excluding ortho intramolecular Hbond substituents is 1. The molecule has 2 aromatic heterocycles. The Morgan fingerprint density at radius 1 is 1.10 bits per heavy atom. The van der Waals surface area contributed by atoms with Crippen molar-refractivity contribution in [2.24, 2.45) is 0 Å². The van der Waals surface area contributed by atoms with Gasteiger partial charge in [0.05, 0.1) is 23.8 Å². The van der Waals surface area contributed by atoms with Crippen LogP contribution in [0.1, 0.15) is 32.1 Å². The number of nitrogens with zero attached hydrogens (tertiary/aromatic N) is 6. The molecule has 2 unspecified atom stereocenters. The molecule has 5 rings (SSSR count). The molecule has 2 aliphatic heterocycles. The van der Waals surface area contributed by atoms with Gasteiger partial charge in [-0.05, 0) is 49.9 Å². The fourth-order valence-corrected chi connectivity index (χ4v) is 4.62. The van der Waals surface area contributed by atoms with Crippen LogP contribution in [0.4, 0.5) is 5.82 Å². The molecule has 0 aliphatic carbocycles. The number of hydrogen-bond acceptors (Lipinski definition) is 7. The molecular weight excluding hydrogens is 366 g/mol. The minimum atomic E-state index is 0.139. The van der Waals surface area contributed by atoms with Gasteiger partial charge in [0.15, 0.2) is 5.82 Å². The lowest BCUT2D eigenvalue weighted by Gasteiger charge is -2.43. The average molecular weight is 391 g/mol. The van der Waals surface area contributed by atoms with Gasteiger partial charge in [-0.3, -0.25) is 0 Å². The third-order valence-corrected chi connectivity index (χ3v) is 6.19. The molecular formula is C21H25N7O. The quantitative estimate of drug-likeness (QED) is 0.706. The highest BCUT2D eigenvalue weighted by Crippen LogP contribution is 2.32. The molecule has 2 saturated heterocycles. The van der Waals surface area contributed by atoms with E-state index < -0.39 is 0 Å². The summed E-state index contributed by atoms with van der Waals surface area (Å²) < 4.78 is 1.60. The Morgan fingerprint density at radius 2 is 1.93 bits per heavy atom. The third-order valence-electron chi connectivity index (χ3n) is 6.19. The SMILES string of the molecule is CN(c1ccc(-c2ccc(-n3ccnn3)cc2O)nn1)C1CC2CCCC(C1)N2. The summed E-state index contributed by atoms with van der Waals surface area (Å²) in [6.07, 6.45) is 9.52. The number of hydrogen-bond donors (Lipinski definition) is 2. The number of fused-ring (bicyclic) bond motifs is 2. The standard InChI is InChI=1S/C21H25N7O/c1-27(17-11-14-3-2-4-15(12-17)23-14)21-8-7-19(24-25-21)18-6-5-16(13-20(18)29)28-10-9-22-26-28/h5-10,13-15,17,23,29H,2-4,11-12H2,1H3. The Labute approximate surface area is 169 Å². The van der Waals surface area contributed by atoms with Crippen LogP contribution in [0.2, 0.25) is 0 Å². The van der Waals surface area contributed by atoms with Crippen LogP contribution in [0.3, 0.4) is 0 Å². The van der Waals surface area contributed by atoms with Crippen molar-refractivity contribution in [1.82, 2.24) is 30.5 Å². The summed E-state index contributed by atoms with van der Waals surface area (Å²) in [4.78, 5) is 2.26. The zero-order valence-electron chi connectivity index (χ0n) is 16.4. The predicted octanol–water partition coefficient (Wildman–Crippen LogP) is 2.54. The van der Waals surface area contributed by atoms with Crippen molar-refractivity contribution >= 4 is 5.82 Å². The van der Waals surface area contributed by atoms with Gasteiger partial charge in [0.1, 0.15) is 5.75 Å². The van der Waals surface area contributed by atoms with Gasteiger partial charge in [0.2, 0.25) is 0 Å². The summed E-state index contributed by atoms with van der Waals surface area (Å²) in [5, 5.41) is 30.8. The van der Waals surface area contributed by atoms with Gasteiger partial charge >= 0.3 is 0 Å². The summed E-state index contributed by atoms with van der Waals surface area (Å²) in [6.45, 7) is 0. The normalized spacial score (nSPS) is 23.7. The number of benzene rings is 1. The van der Waals surface area contributed by atoms with Crippen LogP contribution in [-0.4, -0.2) is 55.5 Å². The van der Waals surface area contributed by atoms with E-state index in [9.17, 15) is 5.11 Å². The van der Waals surface area contributed by atoms with Crippen LogP contribution in [0.15, 0.2) is 42.7 Å². The van der Waals surface area contributed by atoms with Crippen molar-refractivity contribution in [2.75, 3.05) is 11.9 Å². The molecule has 0 amide bonds. The van der Waals surface area contributed by atoms with Crippen molar-refractivity contribution in [3.63, 3.8) is 0 Å². The molecule has 2 bridgehead atoms. The summed E-state index contributed by atoms with van der Waals surface area (Å²) in [7, 11) is 2.11. The van der Waals surface area contributed by atoms with E-state index in [1.807, 2.05) is 24.3 Å². The Hall–Kier alpha value is -3.00. The Bertz CT molecular complexity index is 961. The maximum Gasteiger partial charge on any atom is 0.151 e. The van der Waals surface area contributed by atoms with E-state index in [-0.39, 0.29) is 5.75 Å². The first-order valence-corrected chi connectivity index (χ1v) is 10.2. The van der Waals surface area contributed by atoms with E-state index >= 15 is 0 Å². The summed E-state index contributed by atoms with van der Waals surface area (Å²) in [5.41, 5.74) is 2.03. The second kappa shape index (κ2) is 7.44. The number of aromatic hydroxyl groups is 1. The molecule has 0 radical (unpaired) electrons. The zero-order valence-corrected chi connectivity index (χ0v) is 16.4. The Kier molecular flexibility index (Phi) is 4.63. The van der Waals surface area contributed by atoms with E-state index in [1.54, 1.807) is 23.1 Å². The van der Waals surface area contributed by atoms with Gasteiger partial charge in [-0.25, -0.2) is 4.68 Å². The number of nitrogens with one attached hydrogen (secondary N) is 1. The van der Waals surface area contributed by atoms with Crippen LogP contribution in [0.25, 0.3) is 16.9 Å². The minimum absolute atomic E-state index is 0.139. The van der Waals surface area contributed by atoms with E-state index in [0.29, 0.717) is 29.4 Å². The molecule has 2 N–H and O–H groups in total. The molecule has 3 aromatic rings. The molecule has 29 heavy (non-hydrogen) atoms. The van der Waals surface area contributed by atoms with E-state index in [1.165, 1.54) is 19.3 Å². The van der Waals surface area contributed by atoms with Gasteiger partial charge in [0, 0.05) is 36.8 Å². The van der Waals surface area contributed by atoms with Crippen molar-refractivity contribution in [3.05, 3.63) is 42.7 Å². The zero-order chi connectivity index (χ0) is 19.8. The van der Waals surface area contributed by atoms with Crippen LogP contribution in [0.5, 0.6) is 5.75 Å². The topological polar surface area (TPSA) is 92.0 Å². The van der Waals surface area contributed by atoms with Crippen LogP contribution >= 0.6 is 0 Å². The fraction of sp³-hybridized carbons (Fsp3) is 0.429. The lowest BCUT2D eigenvalue weighted by atomic mass is 9.83. The van der Waals surface area contributed by atoms with E-state index in [0.717, 1.165) is 24.3 Å². The van der Waals surface area contributed by atoms with Gasteiger partial charge in [-0.15, -0.1) is 15.3 Å². The second-order valence-corrected chi connectivity index (χ2v) is 8.05. The Balaban J connectivity index is 1.33. The van der Waals surface area contributed by atoms with Gasteiger partial charge in [0.25, 0.3) is 0 Å². The fourth-order valence-electron chi connectivity index (χ4n) is 4.62. The first-order valence-electron chi connectivity index (χ1n) is 10.2. The third kappa shape index (κ3) is 3.55. The molecule has 8 nitrogen and oxygen atoms in total. The highest BCUT2D eigenvalue weighted by molar-refractivity contribution is 5.68. The first-order chi connectivity index (χ1) is 14.2. The molecule has 4 heterocycles. The number of anilines is 1. The molecule has 0 saturated carbocycles. The smallest absolute Gasteiger partial charge is 0.151 e. The van der Waals surface area contributed by atoms with Gasteiger partial charge in [-0.1, -0.05) is 11.6 Å². The number of aromatic nitrogens is 5. The molecule has 0 spiro atoms. The van der Waals surface area contributed by atoms with Crippen molar-refractivity contribution < 1.29 is 5.11 Å². The Morgan fingerprint density at radius 3 is 2.59 bits per heavy atom. The lowest BCUT2D eigenvalue weighted by molar-refractivity contribution is 0.219. The lowest BCUT2D eigenvalue weighted by Crippen LogP contribution is -2.54. The minimum Gasteiger partial charge on any atom is -0.507 e. The molecule has 1 aromatic carbocycles. The van der Waals surface area contributed by atoms with E-state index in [4.69, 9.17) is 0 Å². The maximum atomic E-state index is 10.5. The summed E-state index contributed by atoms with van der Waals surface area (Å²) >= 11 is 0. The van der Waals surface area contributed by atoms with Crippen molar-refractivity contribution in [3.8, 4) is 22.7 Å².